The molecule has 1 aliphatic heterocycles. The fourth-order valence-corrected chi connectivity index (χ4v) is 1.85. The van der Waals surface area contributed by atoms with Crippen LogP contribution in [0.15, 0.2) is 24.3 Å². The molecule has 5 heteroatoms. The van der Waals surface area contributed by atoms with Crippen LogP contribution in [0.1, 0.15) is 44.9 Å². The summed E-state index contributed by atoms with van der Waals surface area (Å²) in [6.45, 7) is 7.11. The van der Waals surface area contributed by atoms with Gasteiger partial charge in [-0.3, -0.25) is 4.79 Å². The van der Waals surface area contributed by atoms with Crippen molar-refractivity contribution in [2.75, 3.05) is 6.61 Å². The van der Waals surface area contributed by atoms with Gasteiger partial charge >= 0.3 is 11.9 Å². The molecule has 1 aromatic carbocycles. The number of allylic oxidation sites excluding steroid dienone is 1. The number of cyclic esters (lactones) is 2. The zero-order valence-corrected chi connectivity index (χ0v) is 10.6. The first-order chi connectivity index (χ1) is 8.97. The smallest absolute Gasteiger partial charge is 0.350 e. The van der Waals surface area contributed by atoms with Gasteiger partial charge in [-0.15, -0.1) is 0 Å². The first-order valence-corrected chi connectivity index (χ1v) is 5.73. The average Bonchev–Trinajstić information content (AvgIpc) is 2.65. The van der Waals surface area contributed by atoms with Gasteiger partial charge in [0, 0.05) is 0 Å². The van der Waals surface area contributed by atoms with Crippen LogP contribution in [-0.4, -0.2) is 24.3 Å². The van der Waals surface area contributed by atoms with Crippen molar-refractivity contribution in [1.29, 1.82) is 0 Å². The maximum absolute atomic E-state index is 12.0. The van der Waals surface area contributed by atoms with Crippen LogP contribution in [0, 0.1) is 0 Å². The zero-order chi connectivity index (χ0) is 14.2. The molecule has 0 aromatic heterocycles. The van der Waals surface area contributed by atoms with Gasteiger partial charge in [-0.1, -0.05) is 6.58 Å². The lowest BCUT2D eigenvalue weighted by Gasteiger charge is -2.11. The number of hydrogen-bond acceptors (Lipinski definition) is 5. The second kappa shape index (κ2) is 4.68. The van der Waals surface area contributed by atoms with Crippen molar-refractivity contribution < 1.29 is 23.9 Å². The molecule has 5 nitrogen and oxygen atoms in total. The first kappa shape index (κ1) is 13.0. The van der Waals surface area contributed by atoms with Gasteiger partial charge in [0.2, 0.25) is 0 Å². The summed E-state index contributed by atoms with van der Waals surface area (Å²) >= 11 is 0. The van der Waals surface area contributed by atoms with E-state index in [9.17, 15) is 14.4 Å². The van der Waals surface area contributed by atoms with Crippen LogP contribution < -0.4 is 4.74 Å². The Labute approximate surface area is 109 Å². The molecule has 0 saturated carbocycles. The van der Waals surface area contributed by atoms with Crippen LogP contribution in [-0.2, 0) is 4.74 Å². The zero-order valence-electron chi connectivity index (χ0n) is 10.6. The summed E-state index contributed by atoms with van der Waals surface area (Å²) in [5.74, 6) is -1.77. The highest BCUT2D eigenvalue weighted by atomic mass is 16.6. The summed E-state index contributed by atoms with van der Waals surface area (Å²) in [5, 5.41) is 0. The molecule has 0 saturated heterocycles. The first-order valence-electron chi connectivity index (χ1n) is 5.73. The van der Waals surface area contributed by atoms with E-state index in [0.29, 0.717) is 5.57 Å². The number of rotatable bonds is 4. The SMILES string of the molecule is C=C(C)C(=O)c1ccc2c(c1OCC)C(=O)OC2=O. The van der Waals surface area contributed by atoms with E-state index in [2.05, 4.69) is 11.3 Å². The molecule has 0 atom stereocenters. The normalized spacial score (nSPS) is 12.9. The van der Waals surface area contributed by atoms with E-state index in [4.69, 9.17) is 4.74 Å². The van der Waals surface area contributed by atoms with Crippen molar-refractivity contribution in [3.8, 4) is 5.75 Å². The summed E-state index contributed by atoms with van der Waals surface area (Å²) < 4.78 is 9.88. The van der Waals surface area contributed by atoms with Crippen molar-refractivity contribution in [3.63, 3.8) is 0 Å². The lowest BCUT2D eigenvalue weighted by atomic mass is 9.98. The van der Waals surface area contributed by atoms with Crippen molar-refractivity contribution in [2.45, 2.75) is 13.8 Å². The summed E-state index contributed by atoms with van der Waals surface area (Å²) in [6.07, 6.45) is 0. The van der Waals surface area contributed by atoms with Gasteiger partial charge in [0.25, 0.3) is 0 Å². The third kappa shape index (κ3) is 2.03. The Hall–Kier alpha value is -2.43. The fourth-order valence-electron chi connectivity index (χ4n) is 1.85. The van der Waals surface area contributed by atoms with Gasteiger partial charge in [0.05, 0.1) is 17.7 Å². The average molecular weight is 260 g/mol. The summed E-state index contributed by atoms with van der Waals surface area (Å²) in [5.41, 5.74) is 0.656. The number of benzene rings is 1. The molecule has 1 aliphatic rings. The monoisotopic (exact) mass is 260 g/mol. The Kier molecular flexibility index (Phi) is 3.21. The molecule has 0 amide bonds. The standard InChI is InChI=1S/C14H12O5/c1-4-18-12-9(11(15)7(2)3)6-5-8-10(12)14(17)19-13(8)16/h5-6H,2,4H2,1,3H3. The van der Waals surface area contributed by atoms with E-state index in [1.54, 1.807) is 13.8 Å². The largest absolute Gasteiger partial charge is 0.492 e. The van der Waals surface area contributed by atoms with Gasteiger partial charge in [-0.2, -0.15) is 0 Å². The van der Waals surface area contributed by atoms with E-state index in [1.807, 2.05) is 0 Å². The van der Waals surface area contributed by atoms with E-state index in [-0.39, 0.29) is 34.8 Å². The van der Waals surface area contributed by atoms with Crippen LogP contribution in [0.4, 0.5) is 0 Å². The summed E-state index contributed by atoms with van der Waals surface area (Å²) in [4.78, 5) is 35.1. The molecule has 98 valence electrons. The molecule has 0 bridgehead atoms. The molecule has 0 spiro atoms. The Morgan fingerprint density at radius 2 is 2.00 bits per heavy atom. The Balaban J connectivity index is 2.68. The van der Waals surface area contributed by atoms with Gasteiger partial charge in [-0.05, 0) is 31.6 Å². The number of Topliss-reactive ketones (excluding diaryl/α,β-unsaturated/α-hetero) is 1. The van der Waals surface area contributed by atoms with E-state index >= 15 is 0 Å². The van der Waals surface area contributed by atoms with Crippen LogP contribution in [0.3, 0.4) is 0 Å². The second-order valence-corrected chi connectivity index (χ2v) is 4.08. The highest BCUT2D eigenvalue weighted by Gasteiger charge is 2.35. The Morgan fingerprint density at radius 1 is 1.32 bits per heavy atom. The van der Waals surface area contributed by atoms with Crippen LogP contribution >= 0.6 is 0 Å². The molecule has 0 N–H and O–H groups in total. The summed E-state index contributed by atoms with van der Waals surface area (Å²) in [7, 11) is 0. The minimum Gasteiger partial charge on any atom is -0.492 e. The molecule has 1 heterocycles. The molecule has 2 rings (SSSR count). The number of fused-ring (bicyclic) bond motifs is 1. The molecular weight excluding hydrogens is 248 g/mol. The molecular formula is C14H12O5. The van der Waals surface area contributed by atoms with Gasteiger partial charge in [0.1, 0.15) is 11.3 Å². The van der Waals surface area contributed by atoms with Gasteiger partial charge in [0.15, 0.2) is 5.78 Å². The maximum atomic E-state index is 12.0. The maximum Gasteiger partial charge on any atom is 0.350 e. The van der Waals surface area contributed by atoms with Crippen LogP contribution in [0.2, 0.25) is 0 Å². The van der Waals surface area contributed by atoms with E-state index in [0.717, 1.165) is 0 Å². The third-order valence-corrected chi connectivity index (χ3v) is 2.69. The predicted molar refractivity (Wildman–Crippen MR) is 66.5 cm³/mol. The fraction of sp³-hybridized carbons (Fsp3) is 0.214. The van der Waals surface area contributed by atoms with Crippen molar-refractivity contribution in [2.24, 2.45) is 0 Å². The van der Waals surface area contributed by atoms with Crippen molar-refractivity contribution in [1.82, 2.24) is 0 Å². The minimum atomic E-state index is -0.792. The van der Waals surface area contributed by atoms with Gasteiger partial charge < -0.3 is 9.47 Å². The molecule has 0 fully saturated rings. The topological polar surface area (TPSA) is 69.7 Å². The number of carbonyl (C=O) groups excluding carboxylic acids is 3. The van der Waals surface area contributed by atoms with Gasteiger partial charge in [-0.25, -0.2) is 9.59 Å². The number of ether oxygens (including phenoxy) is 2. The number of ketones is 1. The lowest BCUT2D eigenvalue weighted by molar-refractivity contribution is 0.0442. The third-order valence-electron chi connectivity index (χ3n) is 2.69. The Bertz CT molecular complexity index is 613. The molecule has 0 aliphatic carbocycles. The number of carbonyl (C=O) groups is 3. The highest BCUT2D eigenvalue weighted by Crippen LogP contribution is 2.33. The quantitative estimate of drug-likeness (QED) is 0.359. The molecule has 0 unspecified atom stereocenters. The van der Waals surface area contributed by atoms with E-state index in [1.165, 1.54) is 12.1 Å². The van der Waals surface area contributed by atoms with Crippen molar-refractivity contribution >= 4 is 17.7 Å². The Morgan fingerprint density at radius 3 is 2.58 bits per heavy atom. The number of esters is 2. The van der Waals surface area contributed by atoms with Crippen molar-refractivity contribution in [3.05, 3.63) is 41.0 Å². The van der Waals surface area contributed by atoms with Crippen LogP contribution in [0.5, 0.6) is 5.75 Å². The summed E-state index contributed by atoms with van der Waals surface area (Å²) in [6, 6.07) is 2.84. The van der Waals surface area contributed by atoms with Crippen LogP contribution in [0.25, 0.3) is 0 Å². The lowest BCUT2D eigenvalue weighted by Crippen LogP contribution is -2.09. The number of hydrogen-bond donors (Lipinski definition) is 0. The molecule has 0 radical (unpaired) electrons. The van der Waals surface area contributed by atoms with E-state index < -0.39 is 11.9 Å². The second-order valence-electron chi connectivity index (χ2n) is 4.08. The minimum absolute atomic E-state index is 0.0129. The predicted octanol–water partition coefficient (Wildman–Crippen LogP) is 2.15. The molecule has 1 aromatic rings. The highest BCUT2D eigenvalue weighted by molar-refractivity contribution is 6.19. The molecule has 19 heavy (non-hydrogen) atoms.